The molecule has 0 saturated carbocycles. The highest BCUT2D eigenvalue weighted by molar-refractivity contribution is 7.93. The van der Waals surface area contributed by atoms with E-state index < -0.39 is 65.0 Å². The molecule has 0 amide bonds. The normalized spacial score (nSPS) is 16.0. The molecular formula is C17H11F4NO7S2. The lowest BCUT2D eigenvalue weighted by Crippen LogP contribution is -2.40. The fraction of sp³-hybridized carbons (Fsp3) is 0.118. The van der Waals surface area contributed by atoms with Crippen molar-refractivity contribution in [2.24, 2.45) is 0 Å². The van der Waals surface area contributed by atoms with E-state index in [1.807, 2.05) is 0 Å². The Labute approximate surface area is 173 Å². The molecule has 3 rings (SSSR count). The number of alkyl halides is 3. The molecule has 0 aromatic heterocycles. The highest BCUT2D eigenvalue weighted by atomic mass is 32.2. The quantitative estimate of drug-likeness (QED) is 0.286. The van der Waals surface area contributed by atoms with Crippen LogP contribution in [0.5, 0.6) is 0 Å². The molecule has 8 nitrogen and oxygen atoms in total. The van der Waals surface area contributed by atoms with Crippen molar-refractivity contribution in [1.82, 2.24) is 0 Å². The van der Waals surface area contributed by atoms with E-state index in [0.29, 0.717) is 0 Å². The lowest BCUT2D eigenvalue weighted by Gasteiger charge is -2.32. The topological polar surface area (TPSA) is 107 Å². The Morgan fingerprint density at radius 3 is 2.19 bits per heavy atom. The van der Waals surface area contributed by atoms with Gasteiger partial charge in [0.2, 0.25) is 0 Å². The van der Waals surface area contributed by atoms with Gasteiger partial charge in [-0.1, -0.05) is 24.3 Å². The van der Waals surface area contributed by atoms with Crippen molar-refractivity contribution in [3.05, 3.63) is 65.6 Å². The maximum absolute atomic E-state index is 14.5. The SMILES string of the molecule is COC(=O)C1=C(OS(=O)(=O)C(F)(F)F)c2ccccc2S(=O)(=O)N1c1ccccc1F. The van der Waals surface area contributed by atoms with Gasteiger partial charge in [-0.05, 0) is 24.3 Å². The molecule has 1 aliphatic rings. The number of ether oxygens (including phenoxy) is 1. The Balaban J connectivity index is 2.47. The summed E-state index contributed by atoms with van der Waals surface area (Å²) in [7, 11) is -10.4. The summed E-state index contributed by atoms with van der Waals surface area (Å²) >= 11 is 0. The van der Waals surface area contributed by atoms with Gasteiger partial charge in [0.25, 0.3) is 10.0 Å². The molecule has 0 saturated heterocycles. The summed E-state index contributed by atoms with van der Waals surface area (Å²) in [5.74, 6) is -4.06. The van der Waals surface area contributed by atoms with Gasteiger partial charge < -0.3 is 8.92 Å². The minimum absolute atomic E-state index is 0.0394. The Hall–Kier alpha value is -3.13. The van der Waals surface area contributed by atoms with Gasteiger partial charge in [-0.3, -0.25) is 0 Å². The van der Waals surface area contributed by atoms with Gasteiger partial charge in [-0.15, -0.1) is 0 Å². The van der Waals surface area contributed by atoms with E-state index in [2.05, 4.69) is 8.92 Å². The number of hydrogen-bond acceptors (Lipinski definition) is 7. The molecule has 2 aromatic rings. The molecule has 0 atom stereocenters. The number of anilines is 1. The van der Waals surface area contributed by atoms with Gasteiger partial charge in [0.05, 0.1) is 17.7 Å². The first-order valence-electron chi connectivity index (χ1n) is 8.05. The summed E-state index contributed by atoms with van der Waals surface area (Å²) in [6, 6.07) is 8.34. The molecule has 0 N–H and O–H groups in total. The zero-order valence-electron chi connectivity index (χ0n) is 15.3. The Kier molecular flexibility index (Phi) is 5.48. The van der Waals surface area contributed by atoms with Crippen LogP contribution in [0.3, 0.4) is 0 Å². The van der Waals surface area contributed by atoms with Crippen LogP contribution in [0, 0.1) is 5.82 Å². The summed E-state index contributed by atoms with van der Waals surface area (Å²) in [6.07, 6.45) is 0. The number of halogens is 4. The number of fused-ring (bicyclic) bond motifs is 1. The number of carbonyl (C=O) groups excluding carboxylic acids is 1. The summed E-state index contributed by atoms with van der Waals surface area (Å²) in [5, 5.41) is 0. The Morgan fingerprint density at radius 1 is 1.03 bits per heavy atom. The molecule has 0 aliphatic carbocycles. The first-order chi connectivity index (χ1) is 14.3. The maximum Gasteiger partial charge on any atom is 0.534 e. The highest BCUT2D eigenvalue weighted by Gasteiger charge is 2.52. The molecule has 14 heteroatoms. The molecule has 0 radical (unpaired) electrons. The summed E-state index contributed by atoms with van der Waals surface area (Å²) in [6.45, 7) is 0. The fourth-order valence-corrected chi connectivity index (χ4v) is 4.87. The van der Waals surface area contributed by atoms with Crippen molar-refractivity contribution in [2.75, 3.05) is 11.4 Å². The number of esters is 1. The van der Waals surface area contributed by atoms with Crippen LogP contribution in [0.4, 0.5) is 23.2 Å². The summed E-state index contributed by atoms with van der Waals surface area (Å²) in [5.41, 5.74) is -8.62. The third-order valence-corrected chi connectivity index (χ3v) is 6.72. The second-order valence-electron chi connectivity index (χ2n) is 5.87. The van der Waals surface area contributed by atoms with E-state index in [1.165, 1.54) is 24.3 Å². The van der Waals surface area contributed by atoms with Gasteiger partial charge in [0.15, 0.2) is 11.5 Å². The van der Waals surface area contributed by atoms with Crippen LogP contribution in [0.15, 0.2) is 59.1 Å². The monoisotopic (exact) mass is 481 g/mol. The van der Waals surface area contributed by atoms with Crippen molar-refractivity contribution < 1.29 is 48.1 Å². The van der Waals surface area contributed by atoms with E-state index in [4.69, 9.17) is 0 Å². The van der Waals surface area contributed by atoms with Crippen LogP contribution in [0.1, 0.15) is 5.56 Å². The molecule has 0 fully saturated rings. The second kappa shape index (κ2) is 7.53. The molecule has 1 aliphatic heterocycles. The number of methoxy groups -OCH3 is 1. The van der Waals surface area contributed by atoms with Crippen LogP contribution in [-0.2, 0) is 33.9 Å². The van der Waals surface area contributed by atoms with Crippen molar-refractivity contribution in [1.29, 1.82) is 0 Å². The molecular weight excluding hydrogens is 470 g/mol. The molecule has 166 valence electrons. The standard InChI is InChI=1S/C17H11F4NO7S2/c1-28-16(23)14-15(29-31(26,27)17(19,20)21)10-6-2-5-9-13(10)30(24,25)22(14)12-8-4-3-7-11(12)18/h2-9H,1H3. The van der Waals surface area contributed by atoms with E-state index in [-0.39, 0.29) is 4.31 Å². The number of para-hydroxylation sites is 1. The van der Waals surface area contributed by atoms with Crippen molar-refractivity contribution >= 4 is 37.6 Å². The zero-order chi connectivity index (χ0) is 23.2. The lowest BCUT2D eigenvalue weighted by molar-refractivity contribution is -0.136. The first kappa shape index (κ1) is 22.6. The fourth-order valence-electron chi connectivity index (χ4n) is 2.70. The molecule has 0 spiro atoms. The van der Waals surface area contributed by atoms with Crippen LogP contribution in [0.25, 0.3) is 5.76 Å². The largest absolute Gasteiger partial charge is 0.534 e. The smallest absolute Gasteiger partial charge is 0.464 e. The Morgan fingerprint density at radius 2 is 1.61 bits per heavy atom. The van der Waals surface area contributed by atoms with Gasteiger partial charge in [-0.2, -0.15) is 21.6 Å². The summed E-state index contributed by atoms with van der Waals surface area (Å²) < 4.78 is 112. The van der Waals surface area contributed by atoms with Gasteiger partial charge in [-0.25, -0.2) is 21.9 Å². The number of nitrogens with zero attached hydrogens (tertiary/aromatic N) is 1. The van der Waals surface area contributed by atoms with Crippen LogP contribution in [0.2, 0.25) is 0 Å². The number of rotatable bonds is 4. The van der Waals surface area contributed by atoms with Crippen LogP contribution >= 0.6 is 0 Å². The Bertz CT molecular complexity index is 1300. The molecule has 0 unspecified atom stereocenters. The van der Waals surface area contributed by atoms with E-state index >= 15 is 0 Å². The van der Waals surface area contributed by atoms with Crippen LogP contribution in [-0.4, -0.2) is 35.4 Å². The number of sulfonamides is 1. The molecule has 2 aromatic carbocycles. The highest BCUT2D eigenvalue weighted by Crippen LogP contribution is 2.43. The number of hydrogen-bond donors (Lipinski definition) is 0. The average Bonchev–Trinajstić information content (AvgIpc) is 2.69. The van der Waals surface area contributed by atoms with Gasteiger partial charge in [0, 0.05) is 5.56 Å². The third-order valence-electron chi connectivity index (χ3n) is 3.99. The van der Waals surface area contributed by atoms with E-state index in [9.17, 15) is 39.2 Å². The maximum atomic E-state index is 14.5. The summed E-state index contributed by atoms with van der Waals surface area (Å²) in [4.78, 5) is 11.7. The van der Waals surface area contributed by atoms with Gasteiger partial charge >= 0.3 is 21.6 Å². The molecule has 0 bridgehead atoms. The predicted octanol–water partition coefficient (Wildman–Crippen LogP) is 2.74. The molecule has 31 heavy (non-hydrogen) atoms. The minimum Gasteiger partial charge on any atom is -0.464 e. The van der Waals surface area contributed by atoms with E-state index in [0.717, 1.165) is 31.4 Å². The molecule has 1 heterocycles. The number of carbonyl (C=O) groups is 1. The minimum atomic E-state index is -6.35. The second-order valence-corrected chi connectivity index (χ2v) is 9.16. The predicted molar refractivity (Wildman–Crippen MR) is 97.5 cm³/mol. The van der Waals surface area contributed by atoms with Gasteiger partial charge in [0.1, 0.15) is 5.82 Å². The first-order valence-corrected chi connectivity index (χ1v) is 10.9. The lowest BCUT2D eigenvalue weighted by atomic mass is 10.1. The third kappa shape index (κ3) is 3.72. The zero-order valence-corrected chi connectivity index (χ0v) is 16.9. The van der Waals surface area contributed by atoms with Crippen molar-refractivity contribution in [2.45, 2.75) is 10.4 Å². The van der Waals surface area contributed by atoms with Crippen molar-refractivity contribution in [3.8, 4) is 0 Å². The van der Waals surface area contributed by atoms with Crippen molar-refractivity contribution in [3.63, 3.8) is 0 Å². The number of benzene rings is 2. The van der Waals surface area contributed by atoms with Crippen LogP contribution < -0.4 is 4.31 Å². The van der Waals surface area contributed by atoms with E-state index in [1.54, 1.807) is 0 Å². The average molecular weight is 481 g/mol.